The number of hydrogen-bond acceptors (Lipinski definition) is 3. The van der Waals surface area contributed by atoms with Crippen LogP contribution in [0.5, 0.6) is 0 Å². The van der Waals surface area contributed by atoms with E-state index in [-0.39, 0.29) is 11.3 Å². The standard InChI is InChI=1S/C15H20F2N2O2/c1-18(2)9-10-3-5-19(6-4-10)14-12(16)7-11(15(20)21)8-13(14)17/h7-8,10H,3-6,9H2,1-2H3,(H,20,21). The Morgan fingerprint density at radius 1 is 1.29 bits per heavy atom. The van der Waals surface area contributed by atoms with Crippen molar-refractivity contribution in [3.05, 3.63) is 29.3 Å². The molecule has 0 atom stereocenters. The van der Waals surface area contributed by atoms with Crippen LogP contribution in [0.1, 0.15) is 23.2 Å². The van der Waals surface area contributed by atoms with Crippen LogP contribution in [-0.4, -0.2) is 49.7 Å². The van der Waals surface area contributed by atoms with Gasteiger partial charge in [0.05, 0.1) is 5.56 Å². The Morgan fingerprint density at radius 3 is 2.24 bits per heavy atom. The second-order valence-corrected chi connectivity index (χ2v) is 5.79. The van der Waals surface area contributed by atoms with Crippen molar-refractivity contribution >= 4 is 11.7 Å². The van der Waals surface area contributed by atoms with Gasteiger partial charge < -0.3 is 14.9 Å². The molecule has 21 heavy (non-hydrogen) atoms. The van der Waals surface area contributed by atoms with Crippen molar-refractivity contribution in [1.82, 2.24) is 4.90 Å². The lowest BCUT2D eigenvalue weighted by atomic mass is 9.96. The summed E-state index contributed by atoms with van der Waals surface area (Å²) in [5, 5.41) is 8.80. The predicted molar refractivity (Wildman–Crippen MR) is 76.8 cm³/mol. The zero-order chi connectivity index (χ0) is 15.6. The molecule has 1 fully saturated rings. The molecule has 2 rings (SSSR count). The van der Waals surface area contributed by atoms with Crippen LogP contribution in [0.4, 0.5) is 14.5 Å². The number of carbonyl (C=O) groups is 1. The summed E-state index contributed by atoms with van der Waals surface area (Å²) in [5.74, 6) is -2.42. The van der Waals surface area contributed by atoms with E-state index in [1.54, 1.807) is 4.90 Å². The molecule has 1 aromatic carbocycles. The Bertz CT molecular complexity index is 503. The van der Waals surface area contributed by atoms with Crippen LogP contribution in [0.25, 0.3) is 0 Å². The van der Waals surface area contributed by atoms with E-state index >= 15 is 0 Å². The van der Waals surface area contributed by atoms with Gasteiger partial charge in [-0.2, -0.15) is 0 Å². The zero-order valence-corrected chi connectivity index (χ0v) is 12.3. The SMILES string of the molecule is CN(C)CC1CCN(c2c(F)cc(C(=O)O)cc2F)CC1. The minimum Gasteiger partial charge on any atom is -0.478 e. The van der Waals surface area contributed by atoms with Gasteiger partial charge in [0.1, 0.15) is 17.3 Å². The second-order valence-electron chi connectivity index (χ2n) is 5.79. The van der Waals surface area contributed by atoms with Crippen molar-refractivity contribution in [1.29, 1.82) is 0 Å². The maximum atomic E-state index is 14.0. The molecule has 0 spiro atoms. The Hall–Kier alpha value is -1.69. The quantitative estimate of drug-likeness (QED) is 0.927. The van der Waals surface area contributed by atoms with Gasteiger partial charge in [-0.1, -0.05) is 0 Å². The number of carboxylic acid groups (broad SMARTS) is 1. The number of nitrogens with zero attached hydrogens (tertiary/aromatic N) is 2. The van der Waals surface area contributed by atoms with Crippen LogP contribution in [-0.2, 0) is 0 Å². The van der Waals surface area contributed by atoms with E-state index in [2.05, 4.69) is 4.90 Å². The Kier molecular flexibility index (Phi) is 4.77. The molecule has 0 bridgehead atoms. The summed E-state index contributed by atoms with van der Waals surface area (Å²) in [7, 11) is 4.02. The Morgan fingerprint density at radius 2 is 1.81 bits per heavy atom. The van der Waals surface area contributed by atoms with Crippen molar-refractivity contribution in [2.24, 2.45) is 5.92 Å². The first-order chi connectivity index (χ1) is 9.88. The normalized spacial score (nSPS) is 16.5. The smallest absolute Gasteiger partial charge is 0.335 e. The van der Waals surface area contributed by atoms with Gasteiger partial charge in [-0.15, -0.1) is 0 Å². The van der Waals surface area contributed by atoms with Crippen molar-refractivity contribution in [2.45, 2.75) is 12.8 Å². The van der Waals surface area contributed by atoms with E-state index in [9.17, 15) is 13.6 Å². The number of hydrogen-bond donors (Lipinski definition) is 1. The summed E-state index contributed by atoms with van der Waals surface area (Å²) in [6.45, 7) is 2.13. The third kappa shape index (κ3) is 3.69. The number of anilines is 1. The van der Waals surface area contributed by atoms with E-state index in [1.165, 1.54) is 0 Å². The van der Waals surface area contributed by atoms with Gasteiger partial charge in [0.2, 0.25) is 0 Å². The molecule has 0 saturated carbocycles. The third-order valence-corrected chi connectivity index (χ3v) is 3.82. The second kappa shape index (κ2) is 6.39. The van der Waals surface area contributed by atoms with E-state index in [0.717, 1.165) is 31.5 Å². The fraction of sp³-hybridized carbons (Fsp3) is 0.533. The van der Waals surface area contributed by atoms with E-state index in [1.807, 2.05) is 14.1 Å². The van der Waals surface area contributed by atoms with Gasteiger partial charge in [-0.3, -0.25) is 0 Å². The minimum absolute atomic E-state index is 0.108. The highest BCUT2D eigenvalue weighted by atomic mass is 19.1. The monoisotopic (exact) mass is 298 g/mol. The van der Waals surface area contributed by atoms with Crippen molar-refractivity contribution in [3.63, 3.8) is 0 Å². The van der Waals surface area contributed by atoms with Crippen LogP contribution in [0.15, 0.2) is 12.1 Å². The van der Waals surface area contributed by atoms with Crippen LogP contribution >= 0.6 is 0 Å². The van der Waals surface area contributed by atoms with Gasteiger partial charge in [-0.05, 0) is 45.0 Å². The lowest BCUT2D eigenvalue weighted by Gasteiger charge is -2.35. The molecule has 0 radical (unpaired) electrons. The minimum atomic E-state index is -1.33. The number of halogens is 2. The number of benzene rings is 1. The maximum absolute atomic E-state index is 14.0. The molecule has 4 nitrogen and oxygen atoms in total. The molecule has 1 aliphatic rings. The molecule has 0 unspecified atom stereocenters. The number of carboxylic acids is 1. The maximum Gasteiger partial charge on any atom is 0.335 e. The van der Waals surface area contributed by atoms with E-state index in [0.29, 0.717) is 19.0 Å². The lowest BCUT2D eigenvalue weighted by Crippen LogP contribution is -2.38. The van der Waals surface area contributed by atoms with Crippen molar-refractivity contribution in [2.75, 3.05) is 38.6 Å². The molecule has 0 amide bonds. The molecule has 0 aliphatic carbocycles. The number of rotatable bonds is 4. The number of aromatic carboxylic acids is 1. The lowest BCUT2D eigenvalue weighted by molar-refractivity contribution is 0.0695. The van der Waals surface area contributed by atoms with Gasteiger partial charge in [0.15, 0.2) is 0 Å². The molecule has 116 valence electrons. The van der Waals surface area contributed by atoms with E-state index < -0.39 is 17.6 Å². The topological polar surface area (TPSA) is 43.8 Å². The molecule has 0 aromatic heterocycles. The summed E-state index contributed by atoms with van der Waals surface area (Å²) in [4.78, 5) is 14.6. The predicted octanol–water partition coefficient (Wildman–Crippen LogP) is 2.44. The van der Waals surface area contributed by atoms with E-state index in [4.69, 9.17) is 5.11 Å². The summed E-state index contributed by atoms with van der Waals surface area (Å²) in [6, 6.07) is 1.76. The Balaban J connectivity index is 2.12. The average molecular weight is 298 g/mol. The molecule has 1 N–H and O–H groups in total. The largest absolute Gasteiger partial charge is 0.478 e. The van der Waals surface area contributed by atoms with Gasteiger partial charge in [0, 0.05) is 19.6 Å². The summed E-state index contributed by atoms with van der Waals surface area (Å²) in [5.41, 5.74) is -0.473. The highest BCUT2D eigenvalue weighted by Gasteiger charge is 2.25. The summed E-state index contributed by atoms with van der Waals surface area (Å²) >= 11 is 0. The Labute approximate surface area is 123 Å². The fourth-order valence-corrected chi connectivity index (χ4v) is 2.85. The summed E-state index contributed by atoms with van der Waals surface area (Å²) < 4.78 is 28.0. The molecular weight excluding hydrogens is 278 g/mol. The first-order valence-electron chi connectivity index (χ1n) is 7.00. The van der Waals surface area contributed by atoms with Gasteiger partial charge in [0.25, 0.3) is 0 Å². The van der Waals surface area contributed by atoms with Gasteiger partial charge in [-0.25, -0.2) is 13.6 Å². The number of piperidine rings is 1. The molecule has 1 heterocycles. The fourth-order valence-electron chi connectivity index (χ4n) is 2.85. The average Bonchev–Trinajstić information content (AvgIpc) is 2.39. The first kappa shape index (κ1) is 15.7. The highest BCUT2D eigenvalue weighted by Crippen LogP contribution is 2.29. The van der Waals surface area contributed by atoms with Crippen molar-refractivity contribution in [3.8, 4) is 0 Å². The van der Waals surface area contributed by atoms with Crippen molar-refractivity contribution < 1.29 is 18.7 Å². The molecule has 1 aliphatic heterocycles. The molecule has 1 saturated heterocycles. The summed E-state index contributed by atoms with van der Waals surface area (Å²) in [6.07, 6.45) is 1.75. The van der Waals surface area contributed by atoms with Crippen LogP contribution < -0.4 is 4.90 Å². The van der Waals surface area contributed by atoms with Crippen LogP contribution in [0.2, 0.25) is 0 Å². The first-order valence-corrected chi connectivity index (χ1v) is 7.00. The van der Waals surface area contributed by atoms with Crippen LogP contribution in [0, 0.1) is 17.6 Å². The highest BCUT2D eigenvalue weighted by molar-refractivity contribution is 5.88. The zero-order valence-electron chi connectivity index (χ0n) is 12.3. The molecule has 1 aromatic rings. The molecular formula is C15H20F2N2O2. The van der Waals surface area contributed by atoms with Gasteiger partial charge >= 0.3 is 5.97 Å². The third-order valence-electron chi connectivity index (χ3n) is 3.82. The van der Waals surface area contributed by atoms with Crippen LogP contribution in [0.3, 0.4) is 0 Å². The molecule has 6 heteroatoms.